The fraction of sp³-hybridized carbons (Fsp3) is 0.0455. The van der Waals surface area contributed by atoms with Crippen LogP contribution in [-0.4, -0.2) is 24.2 Å². The Hall–Kier alpha value is -3.51. The lowest BCUT2D eigenvalue weighted by Crippen LogP contribution is -2.24. The average molecular weight is 389 g/mol. The molecule has 1 amide bonds. The molecule has 1 aliphatic heterocycles. The van der Waals surface area contributed by atoms with Crippen molar-refractivity contribution in [1.82, 2.24) is 0 Å². The fourth-order valence-corrected chi connectivity index (χ4v) is 3.51. The van der Waals surface area contributed by atoms with Gasteiger partial charge in [-0.3, -0.25) is 9.59 Å². The number of ketones is 1. The number of Topliss-reactive ketones (excluding diaryl/α,β-unsaturated/α-hetero) is 1. The van der Waals surface area contributed by atoms with Crippen LogP contribution in [0.25, 0.3) is 6.08 Å². The topological polar surface area (TPSA) is 63.7 Å². The Labute approximate surface area is 165 Å². The lowest BCUT2D eigenvalue weighted by atomic mass is 10.1. The molecule has 0 unspecified atom stereocenters. The summed E-state index contributed by atoms with van der Waals surface area (Å²) in [6.07, 6.45) is 1.54. The first kappa shape index (κ1) is 17.9. The molecule has 1 fully saturated rings. The second-order valence-electron chi connectivity index (χ2n) is 6.15. The van der Waals surface area contributed by atoms with Crippen LogP contribution < -0.4 is 9.64 Å². The molecule has 4 rings (SSSR count). The molecule has 1 saturated heterocycles. The van der Waals surface area contributed by atoms with E-state index in [0.717, 1.165) is 0 Å². The fourth-order valence-electron chi connectivity index (χ4n) is 2.91. The Kier molecular flexibility index (Phi) is 4.87. The number of hydrogen-bond donors (Lipinski definition) is 0. The van der Waals surface area contributed by atoms with E-state index in [1.807, 2.05) is 18.2 Å². The zero-order valence-electron chi connectivity index (χ0n) is 14.7. The highest BCUT2D eigenvalue weighted by Crippen LogP contribution is 2.25. The van der Waals surface area contributed by atoms with Gasteiger partial charge in [0.15, 0.2) is 5.78 Å². The minimum absolute atomic E-state index is 0.0156. The number of rotatable bonds is 4. The molecule has 0 spiro atoms. The summed E-state index contributed by atoms with van der Waals surface area (Å²) in [5.41, 5.74) is 1.41. The van der Waals surface area contributed by atoms with E-state index >= 15 is 0 Å². The maximum Gasteiger partial charge on any atom is 0.353 e. The molecular formula is C22H15NO4S. The van der Waals surface area contributed by atoms with E-state index in [4.69, 9.17) is 4.74 Å². The van der Waals surface area contributed by atoms with Crippen LogP contribution in [0.5, 0.6) is 5.75 Å². The van der Waals surface area contributed by atoms with Gasteiger partial charge in [-0.2, -0.15) is 0 Å². The Morgan fingerprint density at radius 1 is 1.00 bits per heavy atom. The van der Waals surface area contributed by atoms with Crippen LogP contribution in [0.15, 0.2) is 77.7 Å². The molecule has 2 heterocycles. The summed E-state index contributed by atoms with van der Waals surface area (Å²) in [6.45, 7) is 0.0156. The minimum Gasteiger partial charge on any atom is -0.422 e. The zero-order chi connectivity index (χ0) is 19.5. The Balaban J connectivity index is 1.56. The molecule has 0 radical (unpaired) electrons. The number of nitrogens with zero attached hydrogens (tertiary/aromatic N) is 1. The third-order valence-electron chi connectivity index (χ3n) is 4.25. The summed E-state index contributed by atoms with van der Waals surface area (Å²) in [5, 5.41) is 1.80. The molecule has 1 aromatic heterocycles. The van der Waals surface area contributed by atoms with Gasteiger partial charge in [-0.25, -0.2) is 4.79 Å². The monoisotopic (exact) mass is 389 g/mol. The van der Waals surface area contributed by atoms with Crippen LogP contribution in [0.2, 0.25) is 0 Å². The molecule has 5 nitrogen and oxygen atoms in total. The first-order chi connectivity index (χ1) is 13.6. The van der Waals surface area contributed by atoms with Gasteiger partial charge in [0.05, 0.1) is 12.1 Å². The van der Waals surface area contributed by atoms with Gasteiger partial charge < -0.3 is 9.64 Å². The number of carbonyl (C=O) groups is 3. The molecule has 2 aromatic carbocycles. The van der Waals surface area contributed by atoms with Crippen molar-refractivity contribution in [3.63, 3.8) is 0 Å². The standard InChI is InChI=1S/C22H15NO4S/c24-19-14-23(16-7-2-1-3-8-16)21(25)18(19)13-15-6-4-9-17(12-15)27-22(26)20-10-5-11-28-20/h1-13H,14H2/b18-13-. The van der Waals surface area contributed by atoms with Crippen molar-refractivity contribution in [2.24, 2.45) is 0 Å². The summed E-state index contributed by atoms with van der Waals surface area (Å²) in [4.78, 5) is 39.1. The molecule has 0 N–H and O–H groups in total. The maximum absolute atomic E-state index is 12.7. The van der Waals surface area contributed by atoms with Crippen molar-refractivity contribution < 1.29 is 19.1 Å². The number of benzene rings is 2. The van der Waals surface area contributed by atoms with Gasteiger partial charge in [-0.05, 0) is 47.4 Å². The van der Waals surface area contributed by atoms with Gasteiger partial charge >= 0.3 is 5.97 Å². The number of anilines is 1. The average Bonchev–Trinajstić information content (AvgIpc) is 3.34. The SMILES string of the molecule is O=C1CN(c2ccccc2)C(=O)/C1=C\c1cccc(OC(=O)c2cccs2)c1. The second-order valence-corrected chi connectivity index (χ2v) is 7.10. The van der Waals surface area contributed by atoms with E-state index in [1.54, 1.807) is 53.9 Å². The van der Waals surface area contributed by atoms with Gasteiger partial charge in [0.1, 0.15) is 10.6 Å². The summed E-state index contributed by atoms with van der Waals surface area (Å²) in [6, 6.07) is 19.3. The van der Waals surface area contributed by atoms with Crippen LogP contribution >= 0.6 is 11.3 Å². The molecule has 0 aliphatic carbocycles. The number of esters is 1. The van der Waals surface area contributed by atoms with Crippen LogP contribution in [-0.2, 0) is 9.59 Å². The molecular weight excluding hydrogens is 374 g/mol. The van der Waals surface area contributed by atoms with Crippen molar-refractivity contribution in [2.75, 3.05) is 11.4 Å². The number of para-hydroxylation sites is 1. The van der Waals surface area contributed by atoms with Crippen LogP contribution in [0.3, 0.4) is 0 Å². The highest BCUT2D eigenvalue weighted by molar-refractivity contribution is 7.12. The van der Waals surface area contributed by atoms with Gasteiger partial charge in [0.2, 0.25) is 0 Å². The third kappa shape index (κ3) is 3.63. The molecule has 0 bridgehead atoms. The molecule has 138 valence electrons. The van der Waals surface area contributed by atoms with Crippen LogP contribution in [0.4, 0.5) is 5.69 Å². The highest BCUT2D eigenvalue weighted by atomic mass is 32.1. The first-order valence-electron chi connectivity index (χ1n) is 8.59. The number of amides is 1. The Bertz CT molecular complexity index is 1070. The predicted octanol–water partition coefficient (Wildman–Crippen LogP) is 3.97. The van der Waals surface area contributed by atoms with E-state index in [0.29, 0.717) is 21.9 Å². The zero-order valence-corrected chi connectivity index (χ0v) is 15.5. The first-order valence-corrected chi connectivity index (χ1v) is 9.47. The van der Waals surface area contributed by atoms with Gasteiger partial charge in [-0.1, -0.05) is 36.4 Å². The molecule has 1 aliphatic rings. The summed E-state index contributed by atoms with van der Waals surface area (Å²) in [7, 11) is 0. The Morgan fingerprint density at radius 2 is 1.82 bits per heavy atom. The van der Waals surface area contributed by atoms with E-state index in [9.17, 15) is 14.4 Å². The largest absolute Gasteiger partial charge is 0.422 e. The minimum atomic E-state index is -0.442. The van der Waals surface area contributed by atoms with Crippen molar-refractivity contribution in [1.29, 1.82) is 0 Å². The van der Waals surface area contributed by atoms with Gasteiger partial charge in [-0.15, -0.1) is 11.3 Å². The van der Waals surface area contributed by atoms with Crippen molar-refractivity contribution in [3.05, 3.63) is 88.1 Å². The lowest BCUT2D eigenvalue weighted by Gasteiger charge is -2.13. The summed E-state index contributed by atoms with van der Waals surface area (Å²) in [5.74, 6) is -0.666. The van der Waals surface area contributed by atoms with Crippen LogP contribution in [0, 0.1) is 0 Å². The molecule has 28 heavy (non-hydrogen) atoms. The van der Waals surface area contributed by atoms with E-state index < -0.39 is 5.97 Å². The lowest BCUT2D eigenvalue weighted by molar-refractivity contribution is -0.116. The molecule has 6 heteroatoms. The van der Waals surface area contributed by atoms with E-state index in [2.05, 4.69) is 0 Å². The highest BCUT2D eigenvalue weighted by Gasteiger charge is 2.34. The van der Waals surface area contributed by atoms with E-state index in [-0.39, 0.29) is 23.8 Å². The Morgan fingerprint density at radius 3 is 2.57 bits per heavy atom. The van der Waals surface area contributed by atoms with Crippen LogP contribution in [0.1, 0.15) is 15.2 Å². The number of hydrogen-bond acceptors (Lipinski definition) is 5. The summed E-state index contributed by atoms with van der Waals surface area (Å²) >= 11 is 1.30. The molecule has 3 aromatic rings. The molecule has 0 atom stereocenters. The molecule has 0 saturated carbocycles. The van der Waals surface area contributed by atoms with Crippen molar-refractivity contribution >= 4 is 40.8 Å². The summed E-state index contributed by atoms with van der Waals surface area (Å²) < 4.78 is 5.37. The maximum atomic E-state index is 12.7. The number of ether oxygens (including phenoxy) is 1. The van der Waals surface area contributed by atoms with Gasteiger partial charge in [0.25, 0.3) is 5.91 Å². The number of carbonyl (C=O) groups excluding carboxylic acids is 3. The quantitative estimate of drug-likeness (QED) is 0.293. The van der Waals surface area contributed by atoms with Crippen molar-refractivity contribution in [2.45, 2.75) is 0 Å². The predicted molar refractivity (Wildman–Crippen MR) is 107 cm³/mol. The number of thiophene rings is 1. The smallest absolute Gasteiger partial charge is 0.353 e. The normalized spacial score (nSPS) is 15.3. The van der Waals surface area contributed by atoms with Gasteiger partial charge in [0, 0.05) is 5.69 Å². The third-order valence-corrected chi connectivity index (χ3v) is 5.10. The second kappa shape index (κ2) is 7.62. The van der Waals surface area contributed by atoms with E-state index in [1.165, 1.54) is 22.3 Å². The van der Waals surface area contributed by atoms with Crippen molar-refractivity contribution in [3.8, 4) is 5.75 Å².